The average Bonchev–Trinajstić information content (AvgIpc) is 2.57. The molecule has 3 rings (SSSR count). The molecule has 0 saturated carbocycles. The molecule has 1 heterocycles. The molecule has 1 aliphatic carbocycles. The number of rotatable bonds is 0. The molecule has 0 atom stereocenters. The van der Waals surface area contributed by atoms with Gasteiger partial charge in [0.1, 0.15) is 0 Å². The topological polar surface area (TPSA) is 15.8 Å². The quantitative estimate of drug-likeness (QED) is 0.671. The Morgan fingerprint density at radius 2 is 2.21 bits per heavy atom. The van der Waals surface area contributed by atoms with Crippen molar-refractivity contribution in [3.8, 4) is 0 Å². The van der Waals surface area contributed by atoms with Crippen molar-refractivity contribution in [2.75, 3.05) is 0 Å². The van der Waals surface area contributed by atoms with Crippen LogP contribution in [0, 0.1) is 0 Å². The lowest BCUT2D eigenvalue weighted by atomic mass is 10.0. The SMILES string of the molecule is Clc1cccc2[nH]c3c(c12)CCC=C3. The monoisotopic (exact) mass is 203 g/mol. The summed E-state index contributed by atoms with van der Waals surface area (Å²) in [6.07, 6.45) is 6.56. The van der Waals surface area contributed by atoms with Crippen LogP contribution in [-0.4, -0.2) is 4.98 Å². The van der Waals surface area contributed by atoms with E-state index < -0.39 is 0 Å². The standard InChI is InChI=1S/C12H10ClN/c13-9-5-3-7-11-12(9)8-4-1-2-6-10(8)14-11/h2-3,5-7,14H,1,4H2. The third-order valence-electron chi connectivity index (χ3n) is 2.76. The summed E-state index contributed by atoms with van der Waals surface area (Å²) in [6.45, 7) is 0. The maximum atomic E-state index is 6.19. The number of aromatic nitrogens is 1. The summed E-state index contributed by atoms with van der Waals surface area (Å²) in [6, 6.07) is 6.01. The molecule has 0 unspecified atom stereocenters. The molecule has 14 heavy (non-hydrogen) atoms. The van der Waals surface area contributed by atoms with Gasteiger partial charge in [-0.25, -0.2) is 0 Å². The van der Waals surface area contributed by atoms with Crippen molar-refractivity contribution in [1.82, 2.24) is 4.98 Å². The van der Waals surface area contributed by atoms with Crippen molar-refractivity contribution in [3.05, 3.63) is 40.6 Å². The van der Waals surface area contributed by atoms with Gasteiger partial charge in [0.15, 0.2) is 0 Å². The lowest BCUT2D eigenvalue weighted by Crippen LogP contribution is -1.90. The number of allylic oxidation sites excluding steroid dienone is 1. The molecule has 2 aromatic rings. The minimum absolute atomic E-state index is 0.857. The first-order valence-electron chi connectivity index (χ1n) is 4.82. The Balaban J connectivity index is 2.45. The molecule has 70 valence electrons. The first-order chi connectivity index (χ1) is 6.86. The molecule has 0 amide bonds. The van der Waals surface area contributed by atoms with Crippen LogP contribution in [0.15, 0.2) is 24.3 Å². The molecule has 2 heteroatoms. The molecule has 0 aliphatic heterocycles. The predicted octanol–water partition coefficient (Wildman–Crippen LogP) is 3.78. The molecule has 0 fully saturated rings. The van der Waals surface area contributed by atoms with Crippen LogP contribution in [-0.2, 0) is 6.42 Å². The molecule has 0 radical (unpaired) electrons. The lowest BCUT2D eigenvalue weighted by Gasteiger charge is -2.04. The van der Waals surface area contributed by atoms with Gasteiger partial charge in [0.2, 0.25) is 0 Å². The van der Waals surface area contributed by atoms with E-state index in [1.54, 1.807) is 0 Å². The Labute approximate surface area is 87.4 Å². The predicted molar refractivity (Wildman–Crippen MR) is 60.7 cm³/mol. The molecule has 0 spiro atoms. The molecule has 0 bridgehead atoms. The highest BCUT2D eigenvalue weighted by atomic mass is 35.5. The van der Waals surface area contributed by atoms with Crippen molar-refractivity contribution >= 4 is 28.6 Å². The Morgan fingerprint density at radius 1 is 1.29 bits per heavy atom. The zero-order valence-electron chi connectivity index (χ0n) is 7.68. The van der Waals surface area contributed by atoms with Crippen LogP contribution < -0.4 is 0 Å². The Kier molecular flexibility index (Phi) is 1.68. The van der Waals surface area contributed by atoms with Crippen molar-refractivity contribution in [2.24, 2.45) is 0 Å². The maximum Gasteiger partial charge on any atom is 0.0502 e. The van der Waals surface area contributed by atoms with Crippen LogP contribution in [0.2, 0.25) is 5.02 Å². The minimum Gasteiger partial charge on any atom is -0.355 e. The molecular weight excluding hydrogens is 194 g/mol. The molecule has 1 N–H and O–H groups in total. The number of aryl methyl sites for hydroxylation is 1. The summed E-state index contributed by atoms with van der Waals surface area (Å²) in [5, 5.41) is 2.06. The number of hydrogen-bond acceptors (Lipinski definition) is 0. The maximum absolute atomic E-state index is 6.19. The lowest BCUT2D eigenvalue weighted by molar-refractivity contribution is 0.992. The fourth-order valence-corrected chi connectivity index (χ4v) is 2.41. The molecule has 1 aromatic carbocycles. The van der Waals surface area contributed by atoms with Gasteiger partial charge in [-0.1, -0.05) is 23.7 Å². The van der Waals surface area contributed by atoms with Crippen LogP contribution in [0.25, 0.3) is 17.0 Å². The molecular formula is C12H10ClN. The number of fused-ring (bicyclic) bond motifs is 3. The molecule has 1 nitrogen and oxygen atoms in total. The summed E-state index contributed by atoms with van der Waals surface area (Å²) in [5.74, 6) is 0. The Bertz CT molecular complexity index is 522. The van der Waals surface area contributed by atoms with Gasteiger partial charge in [0.05, 0.1) is 5.02 Å². The summed E-state index contributed by atoms with van der Waals surface area (Å²) in [4.78, 5) is 3.39. The van der Waals surface area contributed by atoms with E-state index in [2.05, 4.69) is 23.2 Å². The first kappa shape index (κ1) is 8.13. The second kappa shape index (κ2) is 2.89. The van der Waals surface area contributed by atoms with Crippen molar-refractivity contribution in [2.45, 2.75) is 12.8 Å². The third-order valence-corrected chi connectivity index (χ3v) is 3.07. The number of hydrogen-bond donors (Lipinski definition) is 1. The highest BCUT2D eigenvalue weighted by Gasteiger charge is 2.13. The van der Waals surface area contributed by atoms with E-state index in [0.29, 0.717) is 0 Å². The van der Waals surface area contributed by atoms with Crippen LogP contribution >= 0.6 is 11.6 Å². The van der Waals surface area contributed by atoms with Gasteiger partial charge < -0.3 is 4.98 Å². The van der Waals surface area contributed by atoms with E-state index in [9.17, 15) is 0 Å². The van der Waals surface area contributed by atoms with E-state index in [1.807, 2.05) is 12.1 Å². The zero-order valence-corrected chi connectivity index (χ0v) is 8.43. The zero-order chi connectivity index (χ0) is 9.54. The van der Waals surface area contributed by atoms with Crippen LogP contribution in [0.3, 0.4) is 0 Å². The van der Waals surface area contributed by atoms with Crippen LogP contribution in [0.1, 0.15) is 17.7 Å². The van der Waals surface area contributed by atoms with E-state index in [1.165, 1.54) is 16.6 Å². The number of nitrogens with one attached hydrogen (secondary N) is 1. The van der Waals surface area contributed by atoms with Crippen LogP contribution in [0.5, 0.6) is 0 Å². The van der Waals surface area contributed by atoms with Gasteiger partial charge >= 0.3 is 0 Å². The molecule has 1 aromatic heterocycles. The van der Waals surface area contributed by atoms with Crippen molar-refractivity contribution < 1.29 is 0 Å². The molecule has 0 saturated heterocycles. The van der Waals surface area contributed by atoms with Crippen molar-refractivity contribution in [1.29, 1.82) is 0 Å². The van der Waals surface area contributed by atoms with Gasteiger partial charge in [-0.3, -0.25) is 0 Å². The van der Waals surface area contributed by atoms with Gasteiger partial charge in [-0.05, 0) is 36.6 Å². The second-order valence-electron chi connectivity index (χ2n) is 3.62. The highest BCUT2D eigenvalue weighted by Crippen LogP contribution is 2.32. The van der Waals surface area contributed by atoms with E-state index in [4.69, 9.17) is 11.6 Å². The van der Waals surface area contributed by atoms with E-state index >= 15 is 0 Å². The average molecular weight is 204 g/mol. The highest BCUT2D eigenvalue weighted by molar-refractivity contribution is 6.35. The number of aromatic amines is 1. The van der Waals surface area contributed by atoms with E-state index in [0.717, 1.165) is 23.4 Å². The van der Waals surface area contributed by atoms with Crippen molar-refractivity contribution in [3.63, 3.8) is 0 Å². The molecule has 1 aliphatic rings. The van der Waals surface area contributed by atoms with Gasteiger partial charge in [-0.2, -0.15) is 0 Å². The number of halogens is 1. The fraction of sp³-hybridized carbons (Fsp3) is 0.167. The Hall–Kier alpha value is -1.21. The summed E-state index contributed by atoms with van der Waals surface area (Å²) < 4.78 is 0. The third kappa shape index (κ3) is 1.02. The number of benzene rings is 1. The summed E-state index contributed by atoms with van der Waals surface area (Å²) in [5.41, 5.74) is 3.74. The van der Waals surface area contributed by atoms with Gasteiger partial charge in [0, 0.05) is 16.6 Å². The van der Waals surface area contributed by atoms with Gasteiger partial charge in [-0.15, -0.1) is 0 Å². The minimum atomic E-state index is 0.857. The van der Waals surface area contributed by atoms with Crippen LogP contribution in [0.4, 0.5) is 0 Å². The smallest absolute Gasteiger partial charge is 0.0502 e. The first-order valence-corrected chi connectivity index (χ1v) is 5.19. The normalized spacial score (nSPS) is 14.6. The second-order valence-corrected chi connectivity index (χ2v) is 4.03. The summed E-state index contributed by atoms with van der Waals surface area (Å²) >= 11 is 6.19. The Morgan fingerprint density at radius 3 is 3.14 bits per heavy atom. The largest absolute Gasteiger partial charge is 0.355 e. The van der Waals surface area contributed by atoms with E-state index in [-0.39, 0.29) is 0 Å². The summed E-state index contributed by atoms with van der Waals surface area (Å²) in [7, 11) is 0. The van der Waals surface area contributed by atoms with Gasteiger partial charge in [0.25, 0.3) is 0 Å². The number of H-pyrrole nitrogens is 1. The fourth-order valence-electron chi connectivity index (χ4n) is 2.12.